The van der Waals surface area contributed by atoms with Crippen molar-refractivity contribution in [1.29, 1.82) is 0 Å². The van der Waals surface area contributed by atoms with Gasteiger partial charge in [-0.1, -0.05) is 0 Å². The Morgan fingerprint density at radius 1 is 1.50 bits per heavy atom. The smallest absolute Gasteiger partial charge is 0.357 e. The van der Waals surface area contributed by atoms with E-state index in [1.807, 2.05) is 20.8 Å². The van der Waals surface area contributed by atoms with E-state index >= 15 is 0 Å². The summed E-state index contributed by atoms with van der Waals surface area (Å²) in [5.41, 5.74) is 6.47. The molecular formula is C11H17N3O2. The first kappa shape index (κ1) is 11.0. The number of anilines is 1. The van der Waals surface area contributed by atoms with Crippen LogP contribution in [0.2, 0.25) is 0 Å². The van der Waals surface area contributed by atoms with Gasteiger partial charge in [0.25, 0.3) is 0 Å². The molecule has 2 rings (SSSR count). The summed E-state index contributed by atoms with van der Waals surface area (Å²) >= 11 is 0. The van der Waals surface area contributed by atoms with E-state index in [1.165, 1.54) is 0 Å². The van der Waals surface area contributed by atoms with Crippen molar-refractivity contribution < 1.29 is 9.53 Å². The number of esters is 1. The third-order valence-corrected chi connectivity index (χ3v) is 2.42. The van der Waals surface area contributed by atoms with Crippen LogP contribution in [0.25, 0.3) is 0 Å². The zero-order chi connectivity index (χ0) is 11.9. The number of nitrogen functional groups attached to an aromatic ring is 1. The molecule has 5 heteroatoms. The van der Waals surface area contributed by atoms with E-state index in [0.717, 1.165) is 18.4 Å². The molecule has 0 bridgehead atoms. The van der Waals surface area contributed by atoms with Gasteiger partial charge in [0.2, 0.25) is 0 Å². The number of carbonyl (C=O) groups is 1. The van der Waals surface area contributed by atoms with E-state index in [1.54, 1.807) is 0 Å². The van der Waals surface area contributed by atoms with Crippen LogP contribution in [0.5, 0.6) is 0 Å². The van der Waals surface area contributed by atoms with Gasteiger partial charge in [-0.25, -0.2) is 4.79 Å². The molecule has 1 heterocycles. The number of aromatic nitrogens is 2. The second kappa shape index (κ2) is 3.50. The monoisotopic (exact) mass is 223 g/mol. The highest BCUT2D eigenvalue weighted by atomic mass is 16.6. The predicted octanol–water partition coefficient (Wildman–Crippen LogP) is 1.82. The second-order valence-corrected chi connectivity index (χ2v) is 5.17. The van der Waals surface area contributed by atoms with Crippen LogP contribution in [-0.2, 0) is 4.74 Å². The molecule has 0 amide bonds. The van der Waals surface area contributed by atoms with Crippen molar-refractivity contribution in [3.8, 4) is 0 Å². The van der Waals surface area contributed by atoms with Crippen LogP contribution in [0, 0.1) is 0 Å². The Kier molecular flexibility index (Phi) is 2.40. The molecule has 0 saturated heterocycles. The number of rotatable bonds is 2. The van der Waals surface area contributed by atoms with Gasteiger partial charge in [0.1, 0.15) is 17.1 Å². The summed E-state index contributed by atoms with van der Waals surface area (Å²) < 4.78 is 5.29. The molecule has 5 nitrogen and oxygen atoms in total. The molecule has 3 N–H and O–H groups in total. The largest absolute Gasteiger partial charge is 0.455 e. The Balaban J connectivity index is 2.23. The minimum atomic E-state index is -0.502. The van der Waals surface area contributed by atoms with E-state index in [9.17, 15) is 4.79 Å². The molecule has 0 aliphatic heterocycles. The number of ether oxygens (including phenoxy) is 1. The van der Waals surface area contributed by atoms with Crippen LogP contribution in [0.1, 0.15) is 55.6 Å². The van der Waals surface area contributed by atoms with E-state index in [2.05, 4.69) is 10.2 Å². The van der Waals surface area contributed by atoms with Crippen LogP contribution in [0.15, 0.2) is 0 Å². The van der Waals surface area contributed by atoms with Gasteiger partial charge in [-0.3, -0.25) is 5.10 Å². The fraction of sp³-hybridized carbons (Fsp3) is 0.636. The van der Waals surface area contributed by atoms with E-state index in [-0.39, 0.29) is 5.97 Å². The first-order chi connectivity index (χ1) is 7.38. The summed E-state index contributed by atoms with van der Waals surface area (Å²) in [4.78, 5) is 11.9. The Morgan fingerprint density at radius 3 is 2.62 bits per heavy atom. The van der Waals surface area contributed by atoms with Crippen molar-refractivity contribution >= 4 is 11.8 Å². The lowest BCUT2D eigenvalue weighted by Crippen LogP contribution is -2.24. The number of carbonyl (C=O) groups excluding carboxylic acids is 1. The Bertz CT molecular complexity index is 413. The van der Waals surface area contributed by atoms with Gasteiger partial charge in [0.05, 0.1) is 0 Å². The molecule has 1 aromatic heterocycles. The van der Waals surface area contributed by atoms with Gasteiger partial charge >= 0.3 is 5.97 Å². The third-order valence-electron chi connectivity index (χ3n) is 2.42. The van der Waals surface area contributed by atoms with Crippen LogP contribution in [0.3, 0.4) is 0 Å². The van der Waals surface area contributed by atoms with Gasteiger partial charge in [-0.15, -0.1) is 0 Å². The zero-order valence-electron chi connectivity index (χ0n) is 9.83. The van der Waals surface area contributed by atoms with Gasteiger partial charge < -0.3 is 10.5 Å². The number of hydrogen-bond donors (Lipinski definition) is 2. The molecule has 1 aromatic rings. The Morgan fingerprint density at radius 2 is 2.12 bits per heavy atom. The van der Waals surface area contributed by atoms with Crippen molar-refractivity contribution in [3.05, 3.63) is 11.3 Å². The van der Waals surface area contributed by atoms with E-state index in [4.69, 9.17) is 10.5 Å². The van der Waals surface area contributed by atoms with Gasteiger partial charge in [-0.05, 0) is 39.5 Å². The molecule has 88 valence electrons. The number of H-pyrrole nitrogens is 1. The summed E-state index contributed by atoms with van der Waals surface area (Å²) in [6.45, 7) is 5.50. The second-order valence-electron chi connectivity index (χ2n) is 5.17. The van der Waals surface area contributed by atoms with Crippen molar-refractivity contribution in [2.45, 2.75) is 45.1 Å². The molecule has 0 unspecified atom stereocenters. The molecule has 0 atom stereocenters. The zero-order valence-corrected chi connectivity index (χ0v) is 9.83. The fourth-order valence-electron chi connectivity index (χ4n) is 1.63. The minimum absolute atomic E-state index is 0.376. The lowest BCUT2D eigenvalue weighted by molar-refractivity contribution is 0.00616. The maximum absolute atomic E-state index is 11.9. The van der Waals surface area contributed by atoms with Crippen LogP contribution in [-0.4, -0.2) is 21.8 Å². The summed E-state index contributed by atoms with van der Waals surface area (Å²) in [7, 11) is 0. The highest BCUT2D eigenvalue weighted by Gasteiger charge is 2.34. The first-order valence-corrected chi connectivity index (χ1v) is 5.45. The molecule has 16 heavy (non-hydrogen) atoms. The highest BCUT2D eigenvalue weighted by Crippen LogP contribution is 2.43. The van der Waals surface area contributed by atoms with Crippen LogP contribution in [0.4, 0.5) is 5.82 Å². The average molecular weight is 223 g/mol. The summed E-state index contributed by atoms with van der Waals surface area (Å²) in [6, 6.07) is 0. The minimum Gasteiger partial charge on any atom is -0.455 e. The topological polar surface area (TPSA) is 81.0 Å². The third kappa shape index (κ3) is 2.18. The van der Waals surface area contributed by atoms with Crippen LogP contribution < -0.4 is 5.73 Å². The van der Waals surface area contributed by atoms with E-state index < -0.39 is 5.60 Å². The lowest BCUT2D eigenvalue weighted by atomic mass is 10.1. The van der Waals surface area contributed by atoms with Crippen LogP contribution >= 0.6 is 0 Å². The molecule has 1 aliphatic rings. The summed E-state index contributed by atoms with van der Waals surface area (Å²) in [5.74, 6) is 0.420. The van der Waals surface area contributed by atoms with Crippen molar-refractivity contribution in [2.24, 2.45) is 0 Å². The maximum Gasteiger partial charge on any atom is 0.357 e. The molecular weight excluding hydrogens is 206 g/mol. The number of hydrogen-bond acceptors (Lipinski definition) is 4. The first-order valence-electron chi connectivity index (χ1n) is 5.45. The quantitative estimate of drug-likeness (QED) is 0.749. The molecule has 1 aliphatic carbocycles. The number of nitrogens with zero attached hydrogens (tertiary/aromatic N) is 1. The Labute approximate surface area is 94.4 Å². The Hall–Kier alpha value is -1.52. The molecule has 0 spiro atoms. The summed E-state index contributed by atoms with van der Waals surface area (Å²) in [6.07, 6.45) is 2.14. The highest BCUT2D eigenvalue weighted by molar-refractivity contribution is 5.91. The number of nitrogens with two attached hydrogens (primary N) is 1. The van der Waals surface area contributed by atoms with Gasteiger partial charge in [0.15, 0.2) is 0 Å². The molecule has 1 saturated carbocycles. The van der Waals surface area contributed by atoms with E-state index in [0.29, 0.717) is 17.4 Å². The SMILES string of the molecule is CC(C)(C)OC(=O)c1[nH]nc(N)c1C1CC1. The van der Waals surface area contributed by atoms with Crippen molar-refractivity contribution in [2.75, 3.05) is 5.73 Å². The van der Waals surface area contributed by atoms with Crippen molar-refractivity contribution in [1.82, 2.24) is 10.2 Å². The molecule has 0 radical (unpaired) electrons. The fourth-order valence-corrected chi connectivity index (χ4v) is 1.63. The maximum atomic E-state index is 11.9. The molecule has 0 aromatic carbocycles. The lowest BCUT2D eigenvalue weighted by Gasteiger charge is -2.19. The average Bonchev–Trinajstić information content (AvgIpc) is 2.87. The summed E-state index contributed by atoms with van der Waals surface area (Å²) in [5, 5.41) is 6.55. The number of nitrogens with one attached hydrogen (secondary N) is 1. The number of aromatic amines is 1. The predicted molar refractivity (Wildman–Crippen MR) is 60.1 cm³/mol. The normalized spacial score (nSPS) is 16.2. The molecule has 1 fully saturated rings. The van der Waals surface area contributed by atoms with Gasteiger partial charge in [-0.2, -0.15) is 5.10 Å². The standard InChI is InChI=1S/C11H17N3O2/c1-11(2,3)16-10(15)8-7(6-4-5-6)9(12)14-13-8/h6H,4-5H2,1-3H3,(H3,12,13,14). The van der Waals surface area contributed by atoms with Gasteiger partial charge in [0, 0.05) is 5.56 Å². The van der Waals surface area contributed by atoms with Crippen molar-refractivity contribution in [3.63, 3.8) is 0 Å².